The van der Waals surface area contributed by atoms with Crippen LogP contribution in [-0.4, -0.2) is 42.8 Å². The van der Waals surface area contributed by atoms with Crippen LogP contribution in [-0.2, 0) is 10.5 Å². The van der Waals surface area contributed by atoms with Crippen LogP contribution in [0.25, 0.3) is 0 Å². The van der Waals surface area contributed by atoms with Gasteiger partial charge in [0.2, 0.25) is 0 Å². The molecule has 1 aromatic rings. The van der Waals surface area contributed by atoms with Gasteiger partial charge >= 0.3 is 6.03 Å². The number of nitrogens with zero attached hydrogens (tertiary/aromatic N) is 1. The lowest BCUT2D eigenvalue weighted by Gasteiger charge is -2.34. The molecule has 1 aromatic carbocycles. The zero-order chi connectivity index (χ0) is 17.4. The molecule has 6 heteroatoms. The molecule has 1 aliphatic rings. The van der Waals surface area contributed by atoms with Crippen LogP contribution in [0, 0.1) is 5.82 Å². The summed E-state index contributed by atoms with van der Waals surface area (Å²) >= 11 is 0. The van der Waals surface area contributed by atoms with Crippen LogP contribution >= 0.6 is 0 Å². The van der Waals surface area contributed by atoms with Crippen molar-refractivity contribution >= 4 is 6.03 Å². The number of rotatable bonds is 7. The number of carbonyl (C=O) groups excluding carboxylic acids is 1. The van der Waals surface area contributed by atoms with Gasteiger partial charge in [-0.25, -0.2) is 9.18 Å². The third-order valence-electron chi connectivity index (χ3n) is 4.41. The topological polar surface area (TPSA) is 61.8 Å². The summed E-state index contributed by atoms with van der Waals surface area (Å²) in [6.45, 7) is 1.90. The summed E-state index contributed by atoms with van der Waals surface area (Å²) in [4.78, 5) is 14.2. The molecule has 1 saturated heterocycles. The van der Waals surface area contributed by atoms with Crippen molar-refractivity contribution < 1.29 is 19.0 Å². The van der Waals surface area contributed by atoms with Crippen molar-refractivity contribution in [1.29, 1.82) is 0 Å². The number of unbranched alkanes of at least 4 members (excludes halogenated alkanes) is 1. The van der Waals surface area contributed by atoms with E-state index in [9.17, 15) is 14.3 Å². The Morgan fingerprint density at radius 3 is 2.67 bits per heavy atom. The summed E-state index contributed by atoms with van der Waals surface area (Å²) in [5.74, 6) is -0.523. The number of halogens is 1. The molecule has 0 bridgehead atoms. The quantitative estimate of drug-likeness (QED) is 0.593. The summed E-state index contributed by atoms with van der Waals surface area (Å²) in [7, 11) is 1.61. The standard InChI is InChI=1S/C18H27FN2O3/c1-24-14-8-5-11-18(23,15-9-3-4-10-16(15)19)20-17(22)21-12-6-2-7-13-21/h3-4,9-10,23H,2,5-8,11-14H2,1H3,(H,20,22)/t18-/m1/s1. The van der Waals surface area contributed by atoms with E-state index in [1.807, 2.05) is 0 Å². The molecule has 1 atom stereocenters. The molecule has 1 aliphatic heterocycles. The fraction of sp³-hybridized carbons (Fsp3) is 0.611. The van der Waals surface area contributed by atoms with E-state index in [1.165, 1.54) is 12.1 Å². The fourth-order valence-electron chi connectivity index (χ4n) is 3.04. The Kier molecular flexibility index (Phi) is 6.99. The molecule has 2 N–H and O–H groups in total. The van der Waals surface area contributed by atoms with E-state index < -0.39 is 11.5 Å². The van der Waals surface area contributed by atoms with E-state index in [4.69, 9.17) is 4.74 Å². The Morgan fingerprint density at radius 1 is 1.29 bits per heavy atom. The number of methoxy groups -OCH3 is 1. The summed E-state index contributed by atoms with van der Waals surface area (Å²) in [6.07, 6.45) is 4.60. The first-order valence-corrected chi connectivity index (χ1v) is 8.60. The highest BCUT2D eigenvalue weighted by molar-refractivity contribution is 5.75. The monoisotopic (exact) mass is 338 g/mol. The number of urea groups is 1. The van der Waals surface area contributed by atoms with Gasteiger partial charge in [-0.3, -0.25) is 0 Å². The van der Waals surface area contributed by atoms with E-state index in [0.29, 0.717) is 26.1 Å². The number of carbonyl (C=O) groups is 1. The average molecular weight is 338 g/mol. The molecule has 0 aromatic heterocycles. The van der Waals surface area contributed by atoms with Crippen LogP contribution in [0.3, 0.4) is 0 Å². The number of piperidine rings is 1. The zero-order valence-electron chi connectivity index (χ0n) is 14.3. The summed E-state index contributed by atoms with van der Waals surface area (Å²) in [6, 6.07) is 5.69. The highest BCUT2D eigenvalue weighted by Gasteiger charge is 2.34. The molecule has 1 fully saturated rings. The Morgan fingerprint density at radius 2 is 2.00 bits per heavy atom. The normalized spacial score (nSPS) is 17.4. The maximum atomic E-state index is 14.2. The van der Waals surface area contributed by atoms with Crippen LogP contribution in [0.2, 0.25) is 0 Å². The first-order valence-electron chi connectivity index (χ1n) is 8.60. The largest absolute Gasteiger partial charge is 0.385 e. The minimum absolute atomic E-state index is 0.104. The van der Waals surface area contributed by atoms with Crippen LogP contribution in [0.15, 0.2) is 24.3 Å². The molecule has 1 heterocycles. The van der Waals surface area contributed by atoms with Gasteiger partial charge in [0, 0.05) is 32.4 Å². The lowest BCUT2D eigenvalue weighted by molar-refractivity contribution is -0.00805. The lowest BCUT2D eigenvalue weighted by Crippen LogP contribution is -2.53. The second-order valence-corrected chi connectivity index (χ2v) is 6.27. The van der Waals surface area contributed by atoms with Gasteiger partial charge in [-0.1, -0.05) is 18.2 Å². The van der Waals surface area contributed by atoms with Gasteiger partial charge in [-0.05, 0) is 44.6 Å². The molecular formula is C18H27FN2O3. The van der Waals surface area contributed by atoms with Crippen LogP contribution in [0.1, 0.15) is 44.1 Å². The van der Waals surface area contributed by atoms with Crippen molar-refractivity contribution in [3.05, 3.63) is 35.6 Å². The molecule has 0 unspecified atom stereocenters. The third kappa shape index (κ3) is 4.92. The van der Waals surface area contributed by atoms with Crippen molar-refractivity contribution in [2.45, 2.75) is 44.2 Å². The Bertz CT molecular complexity index is 535. The molecule has 5 nitrogen and oxygen atoms in total. The van der Waals surface area contributed by atoms with Crippen molar-refractivity contribution in [2.75, 3.05) is 26.8 Å². The second kappa shape index (κ2) is 8.99. The van der Waals surface area contributed by atoms with Crippen molar-refractivity contribution in [3.8, 4) is 0 Å². The molecule has 2 amide bonds. The molecule has 0 spiro atoms. The van der Waals surface area contributed by atoms with Gasteiger partial charge in [0.25, 0.3) is 0 Å². The first-order chi connectivity index (χ1) is 11.6. The average Bonchev–Trinajstić information content (AvgIpc) is 2.60. The fourth-order valence-corrected chi connectivity index (χ4v) is 3.04. The molecule has 2 rings (SSSR count). The highest BCUT2D eigenvalue weighted by Crippen LogP contribution is 2.27. The first kappa shape index (κ1) is 18.7. The van der Waals surface area contributed by atoms with Crippen LogP contribution in [0.5, 0.6) is 0 Å². The molecule has 134 valence electrons. The van der Waals surface area contributed by atoms with Crippen molar-refractivity contribution in [3.63, 3.8) is 0 Å². The Hall–Kier alpha value is -1.66. The van der Waals surface area contributed by atoms with Gasteiger partial charge in [0.1, 0.15) is 5.82 Å². The van der Waals surface area contributed by atoms with E-state index in [2.05, 4.69) is 5.32 Å². The summed E-state index contributed by atoms with van der Waals surface area (Å²) in [5.41, 5.74) is -1.61. The SMILES string of the molecule is COCCCC[C@](O)(NC(=O)N1CCCCC1)c1ccccc1F. The summed E-state index contributed by atoms with van der Waals surface area (Å²) in [5, 5.41) is 13.7. The minimum atomic E-state index is -1.71. The van der Waals surface area contributed by atoms with Gasteiger partial charge in [0.15, 0.2) is 5.72 Å². The van der Waals surface area contributed by atoms with Crippen LogP contribution in [0.4, 0.5) is 9.18 Å². The van der Waals surface area contributed by atoms with Gasteiger partial charge < -0.3 is 20.1 Å². The highest BCUT2D eigenvalue weighted by atomic mass is 19.1. The number of hydrogen-bond donors (Lipinski definition) is 2. The second-order valence-electron chi connectivity index (χ2n) is 6.27. The van der Waals surface area contributed by atoms with Gasteiger partial charge in [0.05, 0.1) is 0 Å². The predicted molar refractivity (Wildman–Crippen MR) is 90.0 cm³/mol. The molecule has 24 heavy (non-hydrogen) atoms. The summed E-state index contributed by atoms with van der Waals surface area (Å²) < 4.78 is 19.2. The number of benzene rings is 1. The maximum Gasteiger partial charge on any atom is 0.319 e. The van der Waals surface area contributed by atoms with E-state index in [1.54, 1.807) is 24.1 Å². The van der Waals surface area contributed by atoms with E-state index in [0.717, 1.165) is 25.7 Å². The zero-order valence-corrected chi connectivity index (χ0v) is 14.3. The number of amides is 2. The number of likely N-dealkylation sites (tertiary alicyclic amines) is 1. The number of aliphatic hydroxyl groups is 1. The van der Waals surface area contributed by atoms with Crippen molar-refractivity contribution in [2.24, 2.45) is 0 Å². The maximum absolute atomic E-state index is 14.2. The molecule has 0 saturated carbocycles. The predicted octanol–water partition coefficient (Wildman–Crippen LogP) is 2.98. The van der Waals surface area contributed by atoms with Gasteiger partial charge in [-0.15, -0.1) is 0 Å². The van der Waals surface area contributed by atoms with Gasteiger partial charge in [-0.2, -0.15) is 0 Å². The molecule has 0 aliphatic carbocycles. The molecular weight excluding hydrogens is 311 g/mol. The minimum Gasteiger partial charge on any atom is -0.385 e. The number of nitrogens with one attached hydrogen (secondary N) is 1. The Balaban J connectivity index is 2.12. The third-order valence-corrected chi connectivity index (χ3v) is 4.41. The lowest BCUT2D eigenvalue weighted by atomic mass is 9.96. The Labute approximate surface area is 142 Å². The van der Waals surface area contributed by atoms with Crippen molar-refractivity contribution in [1.82, 2.24) is 10.2 Å². The number of ether oxygens (including phenoxy) is 1. The number of hydrogen-bond acceptors (Lipinski definition) is 3. The smallest absolute Gasteiger partial charge is 0.319 e. The van der Waals surface area contributed by atoms with Crippen LogP contribution < -0.4 is 5.32 Å². The molecule has 0 radical (unpaired) electrons. The van der Waals surface area contributed by atoms with E-state index >= 15 is 0 Å². The van der Waals surface area contributed by atoms with E-state index in [-0.39, 0.29) is 18.0 Å².